The summed E-state index contributed by atoms with van der Waals surface area (Å²) >= 11 is 0. The fourth-order valence-electron chi connectivity index (χ4n) is 3.96. The first-order valence-corrected chi connectivity index (χ1v) is 12.3. The Hall–Kier alpha value is -2.62. The smallest absolute Gasteiger partial charge is 0.259 e. The van der Waals surface area contributed by atoms with Gasteiger partial charge < -0.3 is 14.4 Å². The maximum atomic E-state index is 13.0. The van der Waals surface area contributed by atoms with Crippen LogP contribution in [0.4, 0.5) is 0 Å². The lowest BCUT2D eigenvalue weighted by atomic mass is 9.99. The summed E-state index contributed by atoms with van der Waals surface area (Å²) in [5.41, 5.74) is 3.13. The van der Waals surface area contributed by atoms with Crippen LogP contribution in [0.5, 0.6) is 0 Å². The lowest BCUT2D eigenvalue weighted by molar-refractivity contribution is 0.0943. The van der Waals surface area contributed by atoms with Crippen molar-refractivity contribution in [2.24, 2.45) is 0 Å². The van der Waals surface area contributed by atoms with Crippen molar-refractivity contribution >= 4 is 20.2 Å². The second-order valence-corrected chi connectivity index (χ2v) is 9.69. The maximum absolute atomic E-state index is 13.0. The van der Waals surface area contributed by atoms with E-state index in [0.717, 1.165) is 5.56 Å². The minimum Gasteiger partial charge on any atom is -0.350 e. The predicted octanol–water partition coefficient (Wildman–Crippen LogP) is 4.92. The number of hydrogen-bond donors (Lipinski definition) is 1. The summed E-state index contributed by atoms with van der Waals surface area (Å²) in [6, 6.07) is 15.1. The molecule has 0 saturated carbocycles. The molecule has 3 rings (SSSR count). The van der Waals surface area contributed by atoms with Crippen molar-refractivity contribution in [1.29, 1.82) is 5.26 Å². The van der Waals surface area contributed by atoms with E-state index in [2.05, 4.69) is 43.8 Å². The minimum atomic E-state index is -1.36. The summed E-state index contributed by atoms with van der Waals surface area (Å²) in [6.07, 6.45) is 0.294. The van der Waals surface area contributed by atoms with Gasteiger partial charge in [-0.25, -0.2) is 4.67 Å². The van der Waals surface area contributed by atoms with Crippen LogP contribution in [-0.2, 0) is 9.05 Å². The topological polar surface area (TPSA) is 91.7 Å². The molecule has 0 saturated heterocycles. The summed E-state index contributed by atoms with van der Waals surface area (Å²) in [7, 11) is -1.36. The summed E-state index contributed by atoms with van der Waals surface area (Å²) in [5.74, 6) is -0.305. The molecule has 0 fully saturated rings. The molecule has 1 unspecified atom stereocenters. The van der Waals surface area contributed by atoms with Crippen molar-refractivity contribution in [3.05, 3.63) is 59.2 Å². The van der Waals surface area contributed by atoms with Crippen LogP contribution in [0.1, 0.15) is 60.4 Å². The van der Waals surface area contributed by atoms with Crippen LogP contribution in [-0.4, -0.2) is 48.2 Å². The van der Waals surface area contributed by atoms with Gasteiger partial charge in [-0.15, -0.1) is 0 Å². The van der Waals surface area contributed by atoms with E-state index in [4.69, 9.17) is 14.3 Å². The molecule has 0 aromatic heterocycles. The Bertz CT molecular complexity index is 1040. The zero-order valence-electron chi connectivity index (χ0n) is 19.5. The zero-order valence-corrected chi connectivity index (χ0v) is 20.4. The Morgan fingerprint density at radius 3 is 2.30 bits per heavy atom. The second kappa shape index (κ2) is 11.5. The summed E-state index contributed by atoms with van der Waals surface area (Å²) in [5, 5.41) is 11.7. The van der Waals surface area contributed by atoms with Gasteiger partial charge in [0.25, 0.3) is 14.4 Å². The van der Waals surface area contributed by atoms with Crippen molar-refractivity contribution in [3.8, 4) is 17.2 Å². The molecule has 1 aliphatic rings. The lowest BCUT2D eigenvalue weighted by Crippen LogP contribution is -2.34. The molecule has 0 heterocycles. The molecule has 0 aliphatic heterocycles. The van der Waals surface area contributed by atoms with Crippen molar-refractivity contribution in [1.82, 2.24) is 9.99 Å². The van der Waals surface area contributed by atoms with E-state index in [1.54, 1.807) is 24.3 Å². The Morgan fingerprint density at radius 1 is 1.00 bits per heavy atom. The van der Waals surface area contributed by atoms with E-state index in [1.807, 2.05) is 18.2 Å². The van der Waals surface area contributed by atoms with Crippen LogP contribution in [0, 0.1) is 11.3 Å². The van der Waals surface area contributed by atoms with Gasteiger partial charge in [0.1, 0.15) is 0 Å². The number of fused-ring (bicyclic) bond motifs is 3. The number of hydrogen-bond acceptors (Lipinski definition) is 6. The Balaban J connectivity index is 1.65. The van der Waals surface area contributed by atoms with Crippen LogP contribution >= 0.6 is 8.53 Å². The molecule has 33 heavy (non-hydrogen) atoms. The molecule has 8 heteroatoms. The van der Waals surface area contributed by atoms with Crippen molar-refractivity contribution in [2.75, 3.05) is 19.8 Å². The Morgan fingerprint density at radius 2 is 1.64 bits per heavy atom. The van der Waals surface area contributed by atoms with E-state index in [1.165, 1.54) is 0 Å². The number of carbonyl (C=O) groups excluding carboxylic acids is 2. The first kappa shape index (κ1) is 25.0. The van der Waals surface area contributed by atoms with E-state index in [9.17, 15) is 9.59 Å². The van der Waals surface area contributed by atoms with Crippen LogP contribution in [0.15, 0.2) is 42.5 Å². The number of amides is 1. The second-order valence-electron chi connectivity index (χ2n) is 8.24. The molecular weight excluding hydrogens is 437 g/mol. The summed E-state index contributed by atoms with van der Waals surface area (Å²) in [4.78, 5) is 25.7. The van der Waals surface area contributed by atoms with Gasteiger partial charge in [-0.3, -0.25) is 9.59 Å². The average molecular weight is 468 g/mol. The summed E-state index contributed by atoms with van der Waals surface area (Å²) < 4.78 is 14.0. The highest BCUT2D eigenvalue weighted by Crippen LogP contribution is 2.45. The zero-order chi connectivity index (χ0) is 24.0. The number of rotatable bonds is 11. The molecule has 0 radical (unpaired) electrons. The van der Waals surface area contributed by atoms with Gasteiger partial charge in [0, 0.05) is 40.9 Å². The molecule has 2 aromatic rings. The standard InChI is InChI=1S/C25H30N3O4P/c1-17(2)28(18(3)4)33(31-15-8-13-26)32-16-14-27-25(30)22-12-7-11-21-23(22)19-9-5-6-10-20(19)24(21)29/h5-7,9-12,17-18H,8,14-16H2,1-4H3,(H,27,30). The van der Waals surface area contributed by atoms with Gasteiger partial charge in [0.15, 0.2) is 5.78 Å². The van der Waals surface area contributed by atoms with Crippen LogP contribution in [0.2, 0.25) is 0 Å². The van der Waals surface area contributed by atoms with Crippen molar-refractivity contribution in [2.45, 2.75) is 46.2 Å². The largest absolute Gasteiger partial charge is 0.350 e. The predicted molar refractivity (Wildman–Crippen MR) is 129 cm³/mol. The first-order valence-electron chi connectivity index (χ1n) is 11.1. The molecule has 1 aliphatic carbocycles. The molecule has 0 bridgehead atoms. The van der Waals surface area contributed by atoms with Crippen molar-refractivity contribution < 1.29 is 18.6 Å². The van der Waals surface area contributed by atoms with E-state index >= 15 is 0 Å². The quantitative estimate of drug-likeness (QED) is 0.318. The van der Waals surface area contributed by atoms with Crippen molar-refractivity contribution in [3.63, 3.8) is 0 Å². The molecule has 1 N–H and O–H groups in total. The number of carbonyl (C=O) groups is 2. The van der Waals surface area contributed by atoms with Crippen LogP contribution in [0.3, 0.4) is 0 Å². The number of nitriles is 1. The van der Waals surface area contributed by atoms with Gasteiger partial charge in [0.05, 0.1) is 25.7 Å². The van der Waals surface area contributed by atoms with E-state index in [0.29, 0.717) is 41.8 Å². The normalized spacial score (nSPS) is 13.2. The monoisotopic (exact) mass is 467 g/mol. The third-order valence-corrected chi connectivity index (χ3v) is 7.35. The van der Waals surface area contributed by atoms with Crippen LogP contribution in [0.25, 0.3) is 11.1 Å². The molecule has 1 atom stereocenters. The molecule has 0 spiro atoms. The van der Waals surface area contributed by atoms with Gasteiger partial charge in [-0.1, -0.05) is 36.4 Å². The highest BCUT2D eigenvalue weighted by atomic mass is 31.2. The third-order valence-electron chi connectivity index (χ3n) is 5.25. The third kappa shape index (κ3) is 5.66. The highest BCUT2D eigenvalue weighted by molar-refractivity contribution is 7.44. The minimum absolute atomic E-state index is 0.0544. The average Bonchev–Trinajstić information content (AvgIpc) is 3.08. The Labute approximate surface area is 196 Å². The maximum Gasteiger partial charge on any atom is 0.259 e. The number of ketones is 1. The van der Waals surface area contributed by atoms with E-state index in [-0.39, 0.29) is 30.4 Å². The fraction of sp³-hybridized carbons (Fsp3) is 0.400. The summed E-state index contributed by atoms with van der Waals surface area (Å²) in [6.45, 7) is 9.15. The van der Waals surface area contributed by atoms with E-state index < -0.39 is 8.53 Å². The van der Waals surface area contributed by atoms with Gasteiger partial charge >= 0.3 is 0 Å². The Kier molecular flexibility index (Phi) is 8.71. The SMILES string of the molecule is CC(C)N(C(C)C)P(OCCC#N)OCCNC(=O)c1cccc2c1-c1ccccc1C2=O. The van der Waals surface area contributed by atoms with Crippen LogP contribution < -0.4 is 5.32 Å². The van der Waals surface area contributed by atoms with Gasteiger partial charge in [0.2, 0.25) is 0 Å². The number of nitrogens with zero attached hydrogens (tertiary/aromatic N) is 2. The molecular formula is C25H30N3O4P. The fourth-order valence-corrected chi connectivity index (χ4v) is 5.55. The molecule has 2 aromatic carbocycles. The van der Waals surface area contributed by atoms with Gasteiger partial charge in [-0.05, 0) is 39.3 Å². The highest BCUT2D eigenvalue weighted by Gasteiger charge is 2.30. The molecule has 1 amide bonds. The lowest BCUT2D eigenvalue weighted by Gasteiger charge is -2.35. The molecule has 174 valence electrons. The number of nitrogens with one attached hydrogen (secondary N) is 1. The van der Waals surface area contributed by atoms with Gasteiger partial charge in [-0.2, -0.15) is 5.26 Å². The number of benzene rings is 2. The molecule has 7 nitrogen and oxygen atoms in total. The first-order chi connectivity index (χ1) is 15.9.